The van der Waals surface area contributed by atoms with E-state index < -0.39 is 17.4 Å². The highest BCUT2D eigenvalue weighted by Crippen LogP contribution is 2.50. The number of aliphatic carboxylic acids is 2. The fourth-order valence-corrected chi connectivity index (χ4v) is 8.09. The van der Waals surface area contributed by atoms with Gasteiger partial charge in [-0.2, -0.15) is 0 Å². The van der Waals surface area contributed by atoms with Gasteiger partial charge in [0.05, 0.1) is 5.41 Å². The fourth-order valence-electron chi connectivity index (χ4n) is 8.09. The largest absolute Gasteiger partial charge is 0.481 e. The van der Waals surface area contributed by atoms with E-state index in [4.69, 9.17) is 0 Å². The molecule has 2 N–H and O–H groups in total. The highest BCUT2D eigenvalue weighted by molar-refractivity contribution is 5.76. The molecule has 0 fully saturated rings. The van der Waals surface area contributed by atoms with Crippen molar-refractivity contribution in [3.8, 4) is 0 Å². The number of unbranched alkanes of at least 4 members (excludes halogenated alkanes) is 22. The third-order valence-electron chi connectivity index (χ3n) is 11.0. The third kappa shape index (κ3) is 22.5. The summed E-state index contributed by atoms with van der Waals surface area (Å²) in [4.78, 5) is 25.5. The van der Waals surface area contributed by atoms with Crippen molar-refractivity contribution in [1.29, 1.82) is 0 Å². The maximum Gasteiger partial charge on any atom is 0.310 e. The predicted octanol–water partition coefficient (Wildman–Crippen LogP) is 14.3. The van der Waals surface area contributed by atoms with Crippen LogP contribution in [0.25, 0.3) is 0 Å². The van der Waals surface area contributed by atoms with Gasteiger partial charge in [0.2, 0.25) is 0 Å². The topological polar surface area (TPSA) is 74.6 Å². The second-order valence-corrected chi connectivity index (χ2v) is 14.9. The standard InChI is InChI=1S/C42H82O4/c1-5-9-13-17-21-25-29-34-38(32-27-23-19-15-11-7-3)42(41(45)46,37-31-36-40(43)44)39(33-28-24-20-16-12-8-4)35-30-26-22-18-14-10-6-2/h38-39H,5-37H2,1-4H3,(H,43,44)(H,45,46). The third-order valence-corrected chi connectivity index (χ3v) is 11.0. The molecular formula is C42H82O4. The van der Waals surface area contributed by atoms with Crippen LogP contribution in [0.2, 0.25) is 0 Å². The van der Waals surface area contributed by atoms with Gasteiger partial charge in [0.25, 0.3) is 0 Å². The van der Waals surface area contributed by atoms with Gasteiger partial charge in [0.1, 0.15) is 0 Å². The highest BCUT2D eigenvalue weighted by Gasteiger charge is 2.49. The molecule has 0 aliphatic heterocycles. The Hall–Kier alpha value is -1.06. The molecule has 0 aliphatic rings. The average molecular weight is 651 g/mol. The summed E-state index contributed by atoms with van der Waals surface area (Å²) in [5.41, 5.74) is -0.799. The first-order chi connectivity index (χ1) is 22.4. The Labute approximate surface area is 288 Å². The van der Waals surface area contributed by atoms with E-state index in [1.165, 1.54) is 141 Å². The van der Waals surface area contributed by atoms with Crippen molar-refractivity contribution in [2.75, 3.05) is 0 Å². The number of rotatable bonds is 37. The minimum atomic E-state index is -0.799. The minimum Gasteiger partial charge on any atom is -0.481 e. The smallest absolute Gasteiger partial charge is 0.310 e. The summed E-state index contributed by atoms with van der Waals surface area (Å²) >= 11 is 0. The monoisotopic (exact) mass is 651 g/mol. The van der Waals surface area contributed by atoms with Crippen LogP contribution in [0.15, 0.2) is 0 Å². The van der Waals surface area contributed by atoms with Gasteiger partial charge in [0, 0.05) is 6.42 Å². The zero-order valence-corrected chi connectivity index (χ0v) is 31.7. The molecule has 2 unspecified atom stereocenters. The van der Waals surface area contributed by atoms with Crippen LogP contribution in [-0.2, 0) is 9.59 Å². The highest BCUT2D eigenvalue weighted by atomic mass is 16.4. The van der Waals surface area contributed by atoms with E-state index in [-0.39, 0.29) is 18.3 Å². The molecule has 0 aromatic heterocycles. The first-order valence-electron chi connectivity index (χ1n) is 20.9. The molecule has 46 heavy (non-hydrogen) atoms. The molecule has 0 aliphatic carbocycles. The van der Waals surface area contributed by atoms with Gasteiger partial charge in [-0.15, -0.1) is 0 Å². The lowest BCUT2D eigenvalue weighted by Gasteiger charge is -2.44. The van der Waals surface area contributed by atoms with Crippen LogP contribution in [0.4, 0.5) is 0 Å². The number of hydrogen-bond acceptors (Lipinski definition) is 2. The van der Waals surface area contributed by atoms with Crippen LogP contribution < -0.4 is 0 Å². The van der Waals surface area contributed by atoms with Crippen LogP contribution in [0, 0.1) is 17.3 Å². The average Bonchev–Trinajstić information content (AvgIpc) is 3.03. The number of carboxylic acid groups (broad SMARTS) is 2. The van der Waals surface area contributed by atoms with Crippen molar-refractivity contribution in [3.05, 3.63) is 0 Å². The molecular weight excluding hydrogens is 568 g/mol. The number of carboxylic acids is 2. The fraction of sp³-hybridized carbons (Fsp3) is 0.952. The lowest BCUT2D eigenvalue weighted by Crippen LogP contribution is -2.45. The molecule has 0 saturated heterocycles. The maximum atomic E-state index is 13.8. The minimum absolute atomic E-state index is 0.0807. The second kappa shape index (κ2) is 32.5. The van der Waals surface area contributed by atoms with E-state index in [1.54, 1.807) is 0 Å². The maximum absolute atomic E-state index is 13.8. The lowest BCUT2D eigenvalue weighted by molar-refractivity contribution is -0.161. The Morgan fingerprint density at radius 2 is 0.674 bits per heavy atom. The van der Waals surface area contributed by atoms with Gasteiger partial charge in [-0.05, 0) is 50.4 Å². The van der Waals surface area contributed by atoms with E-state index in [1.807, 2.05) is 0 Å². The molecule has 0 rings (SSSR count). The summed E-state index contributed by atoms with van der Waals surface area (Å²) in [6.07, 6.45) is 37.2. The van der Waals surface area contributed by atoms with Gasteiger partial charge in [-0.25, -0.2) is 0 Å². The number of carbonyl (C=O) groups is 2. The van der Waals surface area contributed by atoms with E-state index in [9.17, 15) is 19.8 Å². The van der Waals surface area contributed by atoms with Gasteiger partial charge < -0.3 is 10.2 Å². The lowest BCUT2D eigenvalue weighted by atomic mass is 9.58. The SMILES string of the molecule is CCCCCCCCCC(CCCCCCCC)C(CCCC(=O)O)(C(=O)O)C(CCCCCCCC)CCCCCCCCC. The van der Waals surface area contributed by atoms with Crippen LogP contribution in [-0.4, -0.2) is 22.2 Å². The summed E-state index contributed by atoms with van der Waals surface area (Å²) in [6, 6.07) is 0. The Bertz CT molecular complexity index is 637. The van der Waals surface area contributed by atoms with Crippen molar-refractivity contribution in [3.63, 3.8) is 0 Å². The molecule has 4 nitrogen and oxygen atoms in total. The second-order valence-electron chi connectivity index (χ2n) is 14.9. The molecule has 274 valence electrons. The quantitative estimate of drug-likeness (QED) is 0.0656. The molecule has 0 aromatic carbocycles. The Balaban J connectivity index is 6.10. The zero-order valence-electron chi connectivity index (χ0n) is 31.7. The molecule has 0 radical (unpaired) electrons. The molecule has 0 spiro atoms. The molecule has 0 bridgehead atoms. The Morgan fingerprint density at radius 3 is 0.913 bits per heavy atom. The van der Waals surface area contributed by atoms with E-state index in [0.717, 1.165) is 51.4 Å². The molecule has 0 aromatic rings. The zero-order chi connectivity index (χ0) is 34.1. The Morgan fingerprint density at radius 1 is 0.413 bits per heavy atom. The van der Waals surface area contributed by atoms with Crippen molar-refractivity contribution in [2.45, 2.75) is 240 Å². The molecule has 0 amide bonds. The first kappa shape index (κ1) is 44.9. The molecule has 4 heteroatoms. The van der Waals surface area contributed by atoms with Crippen molar-refractivity contribution < 1.29 is 19.8 Å². The van der Waals surface area contributed by atoms with Crippen molar-refractivity contribution in [2.24, 2.45) is 17.3 Å². The van der Waals surface area contributed by atoms with Crippen LogP contribution in [0.3, 0.4) is 0 Å². The van der Waals surface area contributed by atoms with Gasteiger partial charge >= 0.3 is 11.9 Å². The van der Waals surface area contributed by atoms with Crippen LogP contribution >= 0.6 is 0 Å². The summed E-state index contributed by atoms with van der Waals surface area (Å²) in [5, 5.41) is 20.9. The van der Waals surface area contributed by atoms with E-state index in [2.05, 4.69) is 27.7 Å². The van der Waals surface area contributed by atoms with E-state index in [0.29, 0.717) is 12.8 Å². The van der Waals surface area contributed by atoms with Gasteiger partial charge in [-0.1, -0.05) is 195 Å². The summed E-state index contributed by atoms with van der Waals surface area (Å²) in [5.74, 6) is -1.11. The van der Waals surface area contributed by atoms with Crippen molar-refractivity contribution >= 4 is 11.9 Å². The predicted molar refractivity (Wildman–Crippen MR) is 200 cm³/mol. The van der Waals surface area contributed by atoms with Gasteiger partial charge in [-0.3, -0.25) is 9.59 Å². The molecule has 2 atom stereocenters. The summed E-state index contributed by atoms with van der Waals surface area (Å²) < 4.78 is 0. The van der Waals surface area contributed by atoms with E-state index >= 15 is 0 Å². The first-order valence-corrected chi connectivity index (χ1v) is 20.9. The normalized spacial score (nSPS) is 14.3. The Kier molecular flexibility index (Phi) is 31.7. The number of hydrogen-bond donors (Lipinski definition) is 2. The van der Waals surface area contributed by atoms with Crippen LogP contribution in [0.5, 0.6) is 0 Å². The summed E-state index contributed by atoms with van der Waals surface area (Å²) in [6.45, 7) is 9.03. The van der Waals surface area contributed by atoms with Crippen LogP contribution in [0.1, 0.15) is 240 Å². The molecule has 0 heterocycles. The molecule has 0 saturated carbocycles. The van der Waals surface area contributed by atoms with Crippen molar-refractivity contribution in [1.82, 2.24) is 0 Å². The van der Waals surface area contributed by atoms with Gasteiger partial charge in [0.15, 0.2) is 0 Å². The summed E-state index contributed by atoms with van der Waals surface area (Å²) in [7, 11) is 0.